The summed E-state index contributed by atoms with van der Waals surface area (Å²) in [4.78, 5) is 0. The number of allylic oxidation sites excluding steroid dienone is 1. The molecule has 0 saturated heterocycles. The molecule has 0 N–H and O–H groups in total. The zero-order valence-electron chi connectivity index (χ0n) is 9.89. The SMILES string of the molecule is C/C=C(/OC)O[Si](C)(C)C(C)(C)C. The number of ether oxygens (including phenoxy) is 1. The second-order valence-corrected chi connectivity index (χ2v) is 9.40. The van der Waals surface area contributed by atoms with Gasteiger partial charge in [-0.1, -0.05) is 20.8 Å². The van der Waals surface area contributed by atoms with Gasteiger partial charge in [0.2, 0.25) is 0 Å². The average molecular weight is 202 g/mol. The lowest BCUT2D eigenvalue weighted by molar-refractivity contribution is 0.140. The average Bonchev–Trinajstić information content (AvgIpc) is 1.98. The maximum absolute atomic E-state index is 5.88. The molecule has 2 nitrogen and oxygen atoms in total. The Kier molecular flexibility index (Phi) is 4.04. The molecule has 0 spiro atoms. The highest BCUT2D eigenvalue weighted by molar-refractivity contribution is 6.74. The molecule has 0 aliphatic rings. The molecule has 3 heteroatoms. The highest BCUT2D eigenvalue weighted by atomic mass is 28.4. The molecule has 0 aromatic heterocycles. The largest absolute Gasteiger partial charge is 0.519 e. The van der Waals surface area contributed by atoms with Gasteiger partial charge in [0.05, 0.1) is 7.11 Å². The Hall–Kier alpha value is -0.443. The fraction of sp³-hybridized carbons (Fsp3) is 0.800. The minimum atomic E-state index is -1.70. The van der Waals surface area contributed by atoms with Crippen molar-refractivity contribution in [2.24, 2.45) is 0 Å². The van der Waals surface area contributed by atoms with Gasteiger partial charge in [-0.25, -0.2) is 0 Å². The van der Waals surface area contributed by atoms with E-state index in [4.69, 9.17) is 9.16 Å². The lowest BCUT2D eigenvalue weighted by atomic mass is 10.2. The molecule has 0 bridgehead atoms. The molecule has 0 fully saturated rings. The van der Waals surface area contributed by atoms with Crippen molar-refractivity contribution in [3.63, 3.8) is 0 Å². The first kappa shape index (κ1) is 12.6. The Morgan fingerprint density at radius 2 is 1.69 bits per heavy atom. The van der Waals surface area contributed by atoms with E-state index >= 15 is 0 Å². The van der Waals surface area contributed by atoms with Crippen LogP contribution in [0.5, 0.6) is 0 Å². The summed E-state index contributed by atoms with van der Waals surface area (Å²) in [6, 6.07) is 0. The summed E-state index contributed by atoms with van der Waals surface area (Å²) >= 11 is 0. The normalized spacial score (nSPS) is 14.2. The standard InChI is InChI=1S/C10H22O2Si/c1-8-9(11-5)12-13(6,7)10(2,3)4/h8H,1-7H3/b9-8-. The van der Waals surface area contributed by atoms with E-state index in [1.165, 1.54) is 0 Å². The molecule has 0 heterocycles. The van der Waals surface area contributed by atoms with Crippen LogP contribution in [-0.4, -0.2) is 15.4 Å². The zero-order valence-corrected chi connectivity index (χ0v) is 10.9. The second-order valence-electron chi connectivity index (χ2n) is 4.67. The van der Waals surface area contributed by atoms with Crippen molar-refractivity contribution < 1.29 is 9.16 Å². The van der Waals surface area contributed by atoms with E-state index < -0.39 is 8.32 Å². The van der Waals surface area contributed by atoms with Gasteiger partial charge in [-0.05, 0) is 31.1 Å². The van der Waals surface area contributed by atoms with Gasteiger partial charge in [-0.2, -0.15) is 0 Å². The monoisotopic (exact) mass is 202 g/mol. The van der Waals surface area contributed by atoms with Crippen LogP contribution in [0, 0.1) is 0 Å². The summed E-state index contributed by atoms with van der Waals surface area (Å²) < 4.78 is 11.0. The number of hydrogen-bond donors (Lipinski definition) is 0. The van der Waals surface area contributed by atoms with Gasteiger partial charge in [-0.3, -0.25) is 0 Å². The second kappa shape index (κ2) is 4.18. The van der Waals surface area contributed by atoms with Gasteiger partial charge in [0.1, 0.15) is 0 Å². The van der Waals surface area contributed by atoms with Crippen LogP contribution < -0.4 is 0 Å². The van der Waals surface area contributed by atoms with Crippen LogP contribution >= 0.6 is 0 Å². The molecular formula is C10H22O2Si. The van der Waals surface area contributed by atoms with Crippen molar-refractivity contribution in [3.05, 3.63) is 12.0 Å². The summed E-state index contributed by atoms with van der Waals surface area (Å²) in [7, 11) is -0.0619. The Bertz CT molecular complexity index is 190. The van der Waals surface area contributed by atoms with Crippen molar-refractivity contribution in [1.29, 1.82) is 0 Å². The minimum absolute atomic E-state index is 0.222. The highest BCUT2D eigenvalue weighted by Crippen LogP contribution is 2.37. The van der Waals surface area contributed by atoms with E-state index in [0.29, 0.717) is 5.95 Å². The predicted octanol–water partition coefficient (Wildman–Crippen LogP) is 3.52. The van der Waals surface area contributed by atoms with E-state index in [-0.39, 0.29) is 5.04 Å². The maximum atomic E-state index is 5.88. The Balaban J connectivity index is 4.51. The third-order valence-corrected chi connectivity index (χ3v) is 6.92. The minimum Gasteiger partial charge on any atom is -0.519 e. The summed E-state index contributed by atoms with van der Waals surface area (Å²) in [6.45, 7) is 13.0. The molecule has 0 radical (unpaired) electrons. The van der Waals surface area contributed by atoms with Gasteiger partial charge in [0, 0.05) is 0 Å². The van der Waals surface area contributed by atoms with Gasteiger partial charge in [0.25, 0.3) is 14.3 Å². The molecule has 0 aromatic carbocycles. The van der Waals surface area contributed by atoms with Gasteiger partial charge < -0.3 is 9.16 Å². The van der Waals surface area contributed by atoms with Crippen LogP contribution in [0.15, 0.2) is 12.0 Å². The first-order chi connectivity index (χ1) is 5.74. The van der Waals surface area contributed by atoms with E-state index in [0.717, 1.165) is 0 Å². The molecule has 0 amide bonds. The number of hydrogen-bond acceptors (Lipinski definition) is 2. The van der Waals surface area contributed by atoms with Crippen molar-refractivity contribution in [3.8, 4) is 0 Å². The van der Waals surface area contributed by atoms with Crippen LogP contribution in [0.4, 0.5) is 0 Å². The van der Waals surface area contributed by atoms with Gasteiger partial charge in [0.15, 0.2) is 0 Å². The maximum Gasteiger partial charge on any atom is 0.260 e. The first-order valence-corrected chi connectivity index (χ1v) is 7.54. The summed E-state index contributed by atoms with van der Waals surface area (Å²) in [5.74, 6) is 0.645. The number of methoxy groups -OCH3 is 1. The molecular weight excluding hydrogens is 180 g/mol. The van der Waals surface area contributed by atoms with Gasteiger partial charge in [-0.15, -0.1) is 0 Å². The molecule has 13 heavy (non-hydrogen) atoms. The third kappa shape index (κ3) is 3.42. The lowest BCUT2D eigenvalue weighted by Crippen LogP contribution is -2.40. The predicted molar refractivity (Wildman–Crippen MR) is 59.0 cm³/mol. The van der Waals surface area contributed by atoms with E-state index in [1.54, 1.807) is 7.11 Å². The Morgan fingerprint density at radius 3 is 1.92 bits per heavy atom. The van der Waals surface area contributed by atoms with E-state index in [1.807, 2.05) is 13.0 Å². The quantitative estimate of drug-likeness (QED) is 0.515. The van der Waals surface area contributed by atoms with E-state index in [9.17, 15) is 0 Å². The first-order valence-electron chi connectivity index (χ1n) is 4.64. The Morgan fingerprint density at radius 1 is 1.23 bits per heavy atom. The van der Waals surface area contributed by atoms with E-state index in [2.05, 4.69) is 33.9 Å². The molecule has 78 valence electrons. The zero-order chi connectivity index (χ0) is 10.7. The molecule has 0 rings (SSSR count). The van der Waals surface area contributed by atoms with Crippen LogP contribution in [0.25, 0.3) is 0 Å². The fourth-order valence-corrected chi connectivity index (χ4v) is 1.63. The smallest absolute Gasteiger partial charge is 0.260 e. The molecule has 0 aliphatic carbocycles. The molecule has 0 atom stereocenters. The van der Waals surface area contributed by atoms with Crippen molar-refractivity contribution >= 4 is 8.32 Å². The Labute approximate surface area is 83.1 Å². The van der Waals surface area contributed by atoms with Crippen molar-refractivity contribution in [1.82, 2.24) is 0 Å². The number of rotatable bonds is 3. The third-order valence-electron chi connectivity index (χ3n) is 2.60. The summed E-state index contributed by atoms with van der Waals surface area (Å²) in [6.07, 6.45) is 1.86. The molecule has 0 unspecified atom stereocenters. The fourth-order valence-electron chi connectivity index (χ4n) is 0.623. The lowest BCUT2D eigenvalue weighted by Gasteiger charge is -2.36. The van der Waals surface area contributed by atoms with Crippen LogP contribution in [0.3, 0.4) is 0 Å². The van der Waals surface area contributed by atoms with Crippen molar-refractivity contribution in [2.75, 3.05) is 7.11 Å². The molecule has 0 aromatic rings. The van der Waals surface area contributed by atoms with Crippen LogP contribution in [0.2, 0.25) is 18.1 Å². The topological polar surface area (TPSA) is 18.5 Å². The molecule has 0 aliphatic heterocycles. The van der Waals surface area contributed by atoms with Crippen molar-refractivity contribution in [2.45, 2.75) is 45.8 Å². The molecule has 0 saturated carbocycles. The summed E-state index contributed by atoms with van der Waals surface area (Å²) in [5, 5.41) is 0.222. The highest BCUT2D eigenvalue weighted by Gasteiger charge is 2.39. The van der Waals surface area contributed by atoms with Crippen LogP contribution in [-0.2, 0) is 9.16 Å². The summed E-state index contributed by atoms with van der Waals surface area (Å²) in [5.41, 5.74) is 0. The van der Waals surface area contributed by atoms with Crippen LogP contribution in [0.1, 0.15) is 27.7 Å². The van der Waals surface area contributed by atoms with Gasteiger partial charge >= 0.3 is 0 Å².